The first kappa shape index (κ1) is 20.6. The van der Waals surface area contributed by atoms with Gasteiger partial charge in [0.05, 0.1) is 31.8 Å². The molecule has 5 heteroatoms. The second kappa shape index (κ2) is 9.79. The van der Waals surface area contributed by atoms with Gasteiger partial charge in [-0.15, -0.1) is 0 Å². The summed E-state index contributed by atoms with van der Waals surface area (Å²) < 4.78 is 1.07. The Labute approximate surface area is 150 Å². The molecule has 0 spiro atoms. The maximum absolute atomic E-state index is 8.25. The fraction of sp³-hybridized carbons (Fsp3) is 0.400. The average Bonchev–Trinajstić information content (AvgIpc) is 2.60. The van der Waals surface area contributed by atoms with Gasteiger partial charge < -0.3 is 19.8 Å². The molecular formula is C20H28N2O3. The molecule has 136 valence electrons. The summed E-state index contributed by atoms with van der Waals surface area (Å²) in [6.45, 7) is 5.82. The summed E-state index contributed by atoms with van der Waals surface area (Å²) in [5.74, 6) is 0.478. The molecule has 0 aliphatic carbocycles. The molecule has 25 heavy (non-hydrogen) atoms. The summed E-state index contributed by atoms with van der Waals surface area (Å²) in [7, 11) is 4.66. The van der Waals surface area contributed by atoms with Gasteiger partial charge in [0, 0.05) is 12.3 Å². The van der Waals surface area contributed by atoms with Gasteiger partial charge in [-0.1, -0.05) is 60.7 Å². The lowest BCUT2D eigenvalue weighted by Crippen LogP contribution is -2.47. The van der Waals surface area contributed by atoms with Crippen LogP contribution in [0.25, 0.3) is 0 Å². The van der Waals surface area contributed by atoms with Gasteiger partial charge in [0.2, 0.25) is 0 Å². The maximum Gasteiger partial charge on any atom is 0.0866 e. The summed E-state index contributed by atoms with van der Waals surface area (Å²) in [6, 6.07) is 22.5. The Hall–Kier alpha value is -2.40. The zero-order valence-electron chi connectivity index (χ0n) is 15.5. The van der Waals surface area contributed by atoms with Crippen molar-refractivity contribution in [3.8, 4) is 0 Å². The largest absolute Gasteiger partial charge is 0.356 e. The number of rotatable bonds is 6. The van der Waals surface area contributed by atoms with Gasteiger partial charge in [-0.25, -0.2) is 0 Å². The third-order valence-corrected chi connectivity index (χ3v) is 4.99. The summed E-state index contributed by atoms with van der Waals surface area (Å²) in [5, 5.41) is 14.8. The summed E-state index contributed by atoms with van der Waals surface area (Å²) in [5.41, 5.74) is 2.85. The number of hydrogen-bond acceptors (Lipinski definition) is 3. The van der Waals surface area contributed by atoms with Gasteiger partial charge in [0.1, 0.15) is 0 Å². The molecule has 5 nitrogen and oxygen atoms in total. The van der Waals surface area contributed by atoms with E-state index in [1.807, 2.05) is 0 Å². The Kier molecular flexibility index (Phi) is 8.08. The van der Waals surface area contributed by atoms with Gasteiger partial charge >= 0.3 is 0 Å². The highest BCUT2D eigenvalue weighted by atomic mass is 16.9. The average molecular weight is 344 g/mol. The van der Waals surface area contributed by atoms with E-state index < -0.39 is 5.09 Å². The lowest BCUT2D eigenvalue weighted by Gasteiger charge is -2.37. The van der Waals surface area contributed by atoms with E-state index in [4.69, 9.17) is 15.3 Å². The molecular weight excluding hydrogens is 316 g/mol. The standard InChI is InChI=1S/C20H28N.NO3/c1-5-21(3,4)17(2)16-20(18-12-8-6-9-13-18)19-14-10-7-11-15-19;2-1(3)4/h6-15,17,20H,5,16H2,1-4H3;/q+1;-1. The molecule has 1 unspecified atom stereocenters. The smallest absolute Gasteiger partial charge is 0.0866 e. The molecule has 0 fully saturated rings. The molecule has 0 amide bonds. The summed E-state index contributed by atoms with van der Waals surface area (Å²) in [6.07, 6.45) is 1.18. The van der Waals surface area contributed by atoms with Crippen LogP contribution in [0.2, 0.25) is 0 Å². The van der Waals surface area contributed by atoms with Crippen molar-refractivity contribution in [1.82, 2.24) is 0 Å². The van der Waals surface area contributed by atoms with Crippen molar-refractivity contribution in [3.05, 3.63) is 87.1 Å². The predicted octanol–water partition coefficient (Wildman–Crippen LogP) is 4.45. The van der Waals surface area contributed by atoms with Crippen LogP contribution in [-0.2, 0) is 0 Å². The highest BCUT2D eigenvalue weighted by Crippen LogP contribution is 2.31. The van der Waals surface area contributed by atoms with Crippen LogP contribution >= 0.6 is 0 Å². The number of nitrogens with zero attached hydrogens (tertiary/aromatic N) is 2. The van der Waals surface area contributed by atoms with Crippen LogP contribution in [0.3, 0.4) is 0 Å². The Morgan fingerprint density at radius 1 is 0.920 bits per heavy atom. The van der Waals surface area contributed by atoms with Gasteiger partial charge in [-0.3, -0.25) is 0 Å². The van der Waals surface area contributed by atoms with E-state index in [9.17, 15) is 0 Å². The second-order valence-corrected chi connectivity index (χ2v) is 6.78. The molecule has 1 atom stereocenters. The van der Waals surface area contributed by atoms with Crippen molar-refractivity contribution in [3.63, 3.8) is 0 Å². The van der Waals surface area contributed by atoms with Crippen molar-refractivity contribution in [2.75, 3.05) is 20.6 Å². The van der Waals surface area contributed by atoms with E-state index >= 15 is 0 Å². The predicted molar refractivity (Wildman–Crippen MR) is 102 cm³/mol. The molecule has 0 aliphatic rings. The van der Waals surface area contributed by atoms with E-state index in [-0.39, 0.29) is 0 Å². The van der Waals surface area contributed by atoms with Crippen molar-refractivity contribution >= 4 is 0 Å². The Morgan fingerprint density at radius 2 is 1.28 bits per heavy atom. The van der Waals surface area contributed by atoms with Crippen molar-refractivity contribution < 1.29 is 9.57 Å². The Bertz CT molecular complexity index is 586. The quantitative estimate of drug-likeness (QED) is 0.441. The lowest BCUT2D eigenvalue weighted by atomic mass is 9.85. The molecule has 0 aromatic heterocycles. The molecule has 0 heterocycles. The minimum atomic E-state index is -1.75. The van der Waals surface area contributed by atoms with Crippen LogP contribution in [0.15, 0.2) is 60.7 Å². The third-order valence-electron chi connectivity index (χ3n) is 4.99. The molecule has 0 radical (unpaired) electrons. The highest BCUT2D eigenvalue weighted by Gasteiger charge is 2.26. The topological polar surface area (TPSA) is 66.2 Å². The molecule has 2 aromatic rings. The molecule has 0 saturated carbocycles. The summed E-state index contributed by atoms with van der Waals surface area (Å²) in [4.78, 5) is 8.25. The minimum Gasteiger partial charge on any atom is -0.356 e. The van der Waals surface area contributed by atoms with Gasteiger partial charge in [-0.05, 0) is 25.0 Å². The van der Waals surface area contributed by atoms with Crippen molar-refractivity contribution in [2.45, 2.75) is 32.2 Å². The van der Waals surface area contributed by atoms with Crippen LogP contribution in [0.4, 0.5) is 0 Å². The highest BCUT2D eigenvalue weighted by molar-refractivity contribution is 5.32. The number of benzene rings is 2. The van der Waals surface area contributed by atoms with Crippen LogP contribution in [0.5, 0.6) is 0 Å². The SMILES string of the molecule is CC[N+](C)(C)C(C)CC(c1ccccc1)c1ccccc1.O=[N+]([O-])[O-]. The molecule has 2 rings (SSSR count). The Morgan fingerprint density at radius 3 is 1.60 bits per heavy atom. The fourth-order valence-corrected chi connectivity index (χ4v) is 2.77. The second-order valence-electron chi connectivity index (χ2n) is 6.78. The van der Waals surface area contributed by atoms with E-state index in [1.54, 1.807) is 0 Å². The first-order chi connectivity index (χ1) is 11.8. The van der Waals surface area contributed by atoms with E-state index in [1.165, 1.54) is 17.5 Å². The van der Waals surface area contributed by atoms with Gasteiger partial charge in [-0.2, -0.15) is 0 Å². The number of quaternary nitrogens is 1. The maximum atomic E-state index is 8.25. The van der Waals surface area contributed by atoms with Crippen LogP contribution < -0.4 is 0 Å². The van der Waals surface area contributed by atoms with E-state index in [0.29, 0.717) is 12.0 Å². The lowest BCUT2D eigenvalue weighted by molar-refractivity contribution is -0.911. The molecule has 0 bridgehead atoms. The molecule has 0 aliphatic heterocycles. The summed E-state index contributed by atoms with van der Waals surface area (Å²) >= 11 is 0. The molecule has 0 N–H and O–H groups in total. The van der Waals surface area contributed by atoms with Crippen LogP contribution in [0.1, 0.15) is 37.3 Å². The normalized spacial score (nSPS) is 12.2. The number of hydrogen-bond donors (Lipinski definition) is 0. The fourth-order valence-electron chi connectivity index (χ4n) is 2.77. The third kappa shape index (κ3) is 6.93. The van der Waals surface area contributed by atoms with Crippen LogP contribution in [0, 0.1) is 15.3 Å². The monoisotopic (exact) mass is 344 g/mol. The first-order valence-electron chi connectivity index (χ1n) is 8.52. The van der Waals surface area contributed by atoms with E-state index in [2.05, 4.69) is 88.6 Å². The minimum absolute atomic E-state index is 0.478. The Balaban J connectivity index is 0.000000705. The van der Waals surface area contributed by atoms with E-state index in [0.717, 1.165) is 11.0 Å². The van der Waals surface area contributed by atoms with Crippen LogP contribution in [-0.4, -0.2) is 36.3 Å². The first-order valence-corrected chi connectivity index (χ1v) is 8.52. The van der Waals surface area contributed by atoms with Gasteiger partial charge in [0.25, 0.3) is 0 Å². The molecule has 0 saturated heterocycles. The van der Waals surface area contributed by atoms with Crippen molar-refractivity contribution in [1.29, 1.82) is 0 Å². The molecule has 2 aromatic carbocycles. The van der Waals surface area contributed by atoms with Gasteiger partial charge in [0.15, 0.2) is 0 Å². The van der Waals surface area contributed by atoms with Crippen molar-refractivity contribution in [2.24, 2.45) is 0 Å². The zero-order valence-corrected chi connectivity index (χ0v) is 15.5. The zero-order chi connectivity index (χ0) is 18.9.